The summed E-state index contributed by atoms with van der Waals surface area (Å²) in [5.74, 6) is 0.375. The maximum atomic E-state index is 13.7. The highest BCUT2D eigenvalue weighted by Gasteiger charge is 2.24. The number of anilines is 1. The zero-order valence-electron chi connectivity index (χ0n) is 18.0. The minimum Gasteiger partial charge on any atom is -0.494 e. The van der Waals surface area contributed by atoms with E-state index in [0.29, 0.717) is 22.3 Å². The van der Waals surface area contributed by atoms with Crippen LogP contribution in [0.15, 0.2) is 84.1 Å². The Kier molecular flexibility index (Phi) is 6.01. The van der Waals surface area contributed by atoms with Gasteiger partial charge in [0, 0.05) is 24.0 Å². The third-order valence-electron chi connectivity index (χ3n) is 5.20. The number of aryl methyl sites for hydroxylation is 1. The molecule has 2 heterocycles. The number of nitrogens with one attached hydrogen (secondary N) is 1. The number of halogens is 2. The second kappa shape index (κ2) is 8.88. The summed E-state index contributed by atoms with van der Waals surface area (Å²) >= 11 is 6.31. The number of ether oxygens (including phenoxy) is 1. The predicted octanol–water partition coefficient (Wildman–Crippen LogP) is 5.77. The highest BCUT2D eigenvalue weighted by atomic mass is 35.5. The number of hydrazone groups is 1. The van der Waals surface area contributed by atoms with Gasteiger partial charge >= 0.3 is 0 Å². The van der Waals surface area contributed by atoms with Gasteiger partial charge in [0.1, 0.15) is 11.6 Å². The quantitative estimate of drug-likeness (QED) is 0.517. The third-order valence-corrected chi connectivity index (χ3v) is 5.39. The average Bonchev–Trinajstić information content (AvgIpc) is 3.21. The Morgan fingerprint density at radius 2 is 2.03 bits per heavy atom. The van der Waals surface area contributed by atoms with Crippen LogP contribution in [0.5, 0.6) is 5.75 Å². The number of allylic oxidation sites excluding steroid dienone is 1. The molecular formula is C24H23ClFN5O. The van der Waals surface area contributed by atoms with E-state index >= 15 is 0 Å². The zero-order valence-corrected chi connectivity index (χ0v) is 18.8. The first-order chi connectivity index (χ1) is 15.4. The lowest BCUT2D eigenvalue weighted by atomic mass is 10.1. The Labute approximate surface area is 191 Å². The third kappa shape index (κ3) is 4.38. The number of aromatic nitrogens is 2. The molecule has 1 aliphatic rings. The van der Waals surface area contributed by atoms with Gasteiger partial charge in [0.05, 0.1) is 42.3 Å². The number of benzene rings is 2. The van der Waals surface area contributed by atoms with Crippen molar-refractivity contribution in [2.24, 2.45) is 5.10 Å². The van der Waals surface area contributed by atoms with Crippen molar-refractivity contribution in [2.75, 3.05) is 12.4 Å². The van der Waals surface area contributed by atoms with Gasteiger partial charge in [-0.2, -0.15) is 5.10 Å². The summed E-state index contributed by atoms with van der Waals surface area (Å²) in [7, 11) is 1.62. The summed E-state index contributed by atoms with van der Waals surface area (Å²) < 4.78 is 21.2. The molecule has 164 valence electrons. The van der Waals surface area contributed by atoms with E-state index in [-0.39, 0.29) is 11.9 Å². The number of methoxy groups -OCH3 is 1. The van der Waals surface area contributed by atoms with Gasteiger partial charge in [-0.15, -0.1) is 0 Å². The fraction of sp³-hybridized carbons (Fsp3) is 0.167. The van der Waals surface area contributed by atoms with E-state index in [1.165, 1.54) is 12.1 Å². The molecule has 6 nitrogen and oxygen atoms in total. The Morgan fingerprint density at radius 3 is 2.72 bits per heavy atom. The lowest BCUT2D eigenvalue weighted by Gasteiger charge is -2.32. The zero-order chi connectivity index (χ0) is 22.8. The van der Waals surface area contributed by atoms with Gasteiger partial charge in [0.2, 0.25) is 0 Å². The summed E-state index contributed by atoms with van der Waals surface area (Å²) in [5, 5.41) is 9.71. The molecule has 0 amide bonds. The van der Waals surface area contributed by atoms with Crippen LogP contribution in [0.3, 0.4) is 0 Å². The van der Waals surface area contributed by atoms with Crippen LogP contribution in [0.25, 0.3) is 5.69 Å². The number of nitrogens with zero attached hydrogens (tertiary/aromatic N) is 4. The van der Waals surface area contributed by atoms with E-state index in [0.717, 1.165) is 22.6 Å². The molecule has 1 aliphatic heterocycles. The van der Waals surface area contributed by atoms with Gasteiger partial charge < -0.3 is 14.6 Å². The van der Waals surface area contributed by atoms with Crippen LogP contribution in [0.1, 0.15) is 24.2 Å². The smallest absolute Gasteiger partial charge is 0.151 e. The van der Waals surface area contributed by atoms with Crippen LogP contribution in [0, 0.1) is 12.7 Å². The van der Waals surface area contributed by atoms with Crippen molar-refractivity contribution in [1.82, 2.24) is 14.6 Å². The lowest BCUT2D eigenvalue weighted by molar-refractivity contribution is 0.290. The molecule has 0 aliphatic carbocycles. The molecule has 0 fully saturated rings. The molecular weight excluding hydrogens is 429 g/mol. The highest BCUT2D eigenvalue weighted by Crippen LogP contribution is 2.33. The molecule has 0 spiro atoms. The molecule has 0 radical (unpaired) electrons. The van der Waals surface area contributed by atoms with E-state index < -0.39 is 0 Å². The molecule has 1 atom stereocenters. The molecule has 0 saturated heterocycles. The van der Waals surface area contributed by atoms with E-state index in [4.69, 9.17) is 16.3 Å². The van der Waals surface area contributed by atoms with Gasteiger partial charge in [0.15, 0.2) is 5.17 Å². The molecule has 0 saturated carbocycles. The lowest BCUT2D eigenvalue weighted by Crippen LogP contribution is -2.27. The molecule has 2 aromatic carbocycles. The Morgan fingerprint density at radius 1 is 1.22 bits per heavy atom. The van der Waals surface area contributed by atoms with E-state index in [1.807, 2.05) is 48.9 Å². The predicted molar refractivity (Wildman–Crippen MR) is 126 cm³/mol. The fourth-order valence-electron chi connectivity index (χ4n) is 3.53. The van der Waals surface area contributed by atoms with Gasteiger partial charge in [0.25, 0.3) is 0 Å². The second-order valence-electron chi connectivity index (χ2n) is 7.44. The van der Waals surface area contributed by atoms with E-state index in [2.05, 4.69) is 22.0 Å². The first-order valence-electron chi connectivity index (χ1n) is 10.0. The second-order valence-corrected chi connectivity index (χ2v) is 7.82. The Hall–Kier alpha value is -3.58. The van der Waals surface area contributed by atoms with Crippen molar-refractivity contribution in [3.8, 4) is 11.4 Å². The van der Waals surface area contributed by atoms with E-state index in [9.17, 15) is 4.39 Å². The standard InChI is InChI=1S/C24H23ClFN5O/c1-15-13-30(14-27-15)22-9-8-20(11-23(22)32-4)28-21-12-24(25)29-31(17(21)3)16(2)18-6-5-7-19(26)10-18/h5-14,16,28H,3H2,1-2,4H3/t16-/m0/s1. The molecule has 0 unspecified atom stereocenters. The van der Waals surface area contributed by atoms with Gasteiger partial charge in [-0.1, -0.05) is 30.3 Å². The van der Waals surface area contributed by atoms with E-state index in [1.54, 1.807) is 30.6 Å². The monoisotopic (exact) mass is 451 g/mol. The van der Waals surface area contributed by atoms with Gasteiger partial charge in [-0.25, -0.2) is 9.37 Å². The maximum absolute atomic E-state index is 13.7. The van der Waals surface area contributed by atoms with Crippen molar-refractivity contribution in [2.45, 2.75) is 19.9 Å². The molecule has 4 rings (SSSR count). The molecule has 3 aromatic rings. The number of rotatable bonds is 6. The van der Waals surface area contributed by atoms with Crippen LogP contribution < -0.4 is 10.1 Å². The largest absolute Gasteiger partial charge is 0.494 e. The van der Waals surface area contributed by atoms with Crippen LogP contribution >= 0.6 is 11.6 Å². The molecule has 1 aromatic heterocycles. The first kappa shape index (κ1) is 21.6. The summed E-state index contributed by atoms with van der Waals surface area (Å²) in [6.07, 6.45) is 5.38. The van der Waals surface area contributed by atoms with Crippen molar-refractivity contribution in [3.05, 3.63) is 96.1 Å². The topological polar surface area (TPSA) is 54.7 Å². The molecule has 32 heavy (non-hydrogen) atoms. The number of hydrogen-bond donors (Lipinski definition) is 1. The minimum absolute atomic E-state index is 0.265. The Bertz CT molecular complexity index is 1230. The average molecular weight is 452 g/mol. The first-order valence-corrected chi connectivity index (χ1v) is 10.4. The molecule has 1 N–H and O–H groups in total. The van der Waals surface area contributed by atoms with Crippen LogP contribution in [0.4, 0.5) is 10.1 Å². The summed E-state index contributed by atoms with van der Waals surface area (Å²) in [5.41, 5.74) is 4.64. The summed E-state index contributed by atoms with van der Waals surface area (Å²) in [6, 6.07) is 11.9. The van der Waals surface area contributed by atoms with Gasteiger partial charge in [-0.3, -0.25) is 5.01 Å². The number of hydrogen-bond acceptors (Lipinski definition) is 5. The van der Waals surface area contributed by atoms with Crippen LogP contribution in [-0.2, 0) is 0 Å². The number of imidazole rings is 1. The Balaban J connectivity index is 1.59. The highest BCUT2D eigenvalue weighted by molar-refractivity contribution is 6.68. The fourth-order valence-corrected chi connectivity index (χ4v) is 3.72. The van der Waals surface area contributed by atoms with Crippen molar-refractivity contribution >= 4 is 22.5 Å². The van der Waals surface area contributed by atoms with Crippen LogP contribution in [-0.4, -0.2) is 26.8 Å². The maximum Gasteiger partial charge on any atom is 0.151 e. The van der Waals surface area contributed by atoms with Crippen LogP contribution in [0.2, 0.25) is 0 Å². The van der Waals surface area contributed by atoms with Crippen molar-refractivity contribution < 1.29 is 9.13 Å². The minimum atomic E-state index is -0.304. The summed E-state index contributed by atoms with van der Waals surface area (Å²) in [4.78, 5) is 4.27. The SMILES string of the molecule is C=C1C(Nc2ccc(-n3cnc(C)c3)c(OC)c2)=CC(Cl)=NN1[C@@H](C)c1cccc(F)c1. The normalized spacial score (nSPS) is 14.7. The van der Waals surface area contributed by atoms with Gasteiger partial charge in [-0.05, 0) is 43.7 Å². The van der Waals surface area contributed by atoms with Crippen molar-refractivity contribution in [3.63, 3.8) is 0 Å². The summed E-state index contributed by atoms with van der Waals surface area (Å²) in [6.45, 7) is 8.03. The molecule has 0 bridgehead atoms. The van der Waals surface area contributed by atoms with Crippen molar-refractivity contribution in [1.29, 1.82) is 0 Å². The molecule has 8 heteroatoms.